The summed E-state index contributed by atoms with van der Waals surface area (Å²) in [5, 5.41) is 13.3. The molecular formula is C20H26N2O3. The zero-order valence-electron chi connectivity index (χ0n) is 14.6. The van der Waals surface area contributed by atoms with Gasteiger partial charge in [-0.1, -0.05) is 19.1 Å². The number of likely N-dealkylation sites (tertiary alicyclic amines) is 1. The van der Waals surface area contributed by atoms with Gasteiger partial charge in [0.25, 0.3) is 0 Å². The number of anilines is 1. The average molecular weight is 342 g/mol. The number of aliphatic hydroxyl groups is 1. The van der Waals surface area contributed by atoms with Gasteiger partial charge < -0.3 is 14.8 Å². The van der Waals surface area contributed by atoms with E-state index in [4.69, 9.17) is 4.42 Å². The molecule has 0 aliphatic carbocycles. The summed E-state index contributed by atoms with van der Waals surface area (Å²) in [5.74, 6) is 0.584. The lowest BCUT2D eigenvalue weighted by molar-refractivity contribution is -0.117. The molecule has 0 radical (unpaired) electrons. The Bertz CT molecular complexity index is 684. The fourth-order valence-electron chi connectivity index (χ4n) is 3.48. The monoisotopic (exact) mass is 342 g/mol. The number of furan rings is 1. The smallest absolute Gasteiger partial charge is 0.238 e. The van der Waals surface area contributed by atoms with E-state index in [0.717, 1.165) is 31.5 Å². The van der Waals surface area contributed by atoms with Gasteiger partial charge in [0.2, 0.25) is 5.91 Å². The normalized spacial score (nSPS) is 19.0. The Balaban J connectivity index is 1.54. The van der Waals surface area contributed by atoms with E-state index in [0.29, 0.717) is 18.7 Å². The van der Waals surface area contributed by atoms with Crippen LogP contribution in [0.4, 0.5) is 5.69 Å². The van der Waals surface area contributed by atoms with Gasteiger partial charge in [0.05, 0.1) is 12.8 Å². The Hall–Kier alpha value is -2.11. The van der Waals surface area contributed by atoms with Crippen LogP contribution < -0.4 is 5.32 Å². The zero-order chi connectivity index (χ0) is 17.6. The fraction of sp³-hybridized carbons (Fsp3) is 0.450. The Morgan fingerprint density at radius 3 is 3.04 bits per heavy atom. The number of nitrogens with zero attached hydrogens (tertiary/aromatic N) is 1. The van der Waals surface area contributed by atoms with Gasteiger partial charge >= 0.3 is 0 Å². The van der Waals surface area contributed by atoms with Crippen LogP contribution in [0.2, 0.25) is 0 Å². The van der Waals surface area contributed by atoms with Crippen molar-refractivity contribution in [2.75, 3.05) is 18.4 Å². The Labute approximate surface area is 148 Å². The Morgan fingerprint density at radius 2 is 2.28 bits per heavy atom. The SMILES string of the molecule is CCc1cccc(NC(=O)CN2CCCC2CC(O)c2ccco2)c1. The van der Waals surface area contributed by atoms with E-state index >= 15 is 0 Å². The summed E-state index contributed by atoms with van der Waals surface area (Å²) in [6.07, 6.45) is 4.53. The molecule has 1 fully saturated rings. The first-order chi connectivity index (χ1) is 12.2. The van der Waals surface area contributed by atoms with E-state index in [-0.39, 0.29) is 11.9 Å². The number of aryl methyl sites for hydroxylation is 1. The quantitative estimate of drug-likeness (QED) is 0.810. The highest BCUT2D eigenvalue weighted by molar-refractivity contribution is 5.92. The van der Waals surface area contributed by atoms with Gasteiger partial charge in [-0.25, -0.2) is 0 Å². The number of carbonyl (C=O) groups is 1. The molecule has 1 aliphatic heterocycles. The first-order valence-electron chi connectivity index (χ1n) is 9.00. The van der Waals surface area contributed by atoms with Crippen molar-refractivity contribution in [2.45, 2.75) is 44.8 Å². The summed E-state index contributed by atoms with van der Waals surface area (Å²) >= 11 is 0. The van der Waals surface area contributed by atoms with Crippen molar-refractivity contribution in [3.63, 3.8) is 0 Å². The third kappa shape index (κ3) is 4.71. The van der Waals surface area contributed by atoms with Crippen molar-refractivity contribution in [2.24, 2.45) is 0 Å². The highest BCUT2D eigenvalue weighted by atomic mass is 16.4. The number of benzene rings is 1. The summed E-state index contributed by atoms with van der Waals surface area (Å²) in [7, 11) is 0. The van der Waals surface area contributed by atoms with Gasteiger partial charge in [0, 0.05) is 11.7 Å². The maximum atomic E-state index is 12.4. The van der Waals surface area contributed by atoms with Crippen LogP contribution in [0.15, 0.2) is 47.1 Å². The van der Waals surface area contributed by atoms with Crippen LogP contribution in [0.3, 0.4) is 0 Å². The molecule has 5 nitrogen and oxygen atoms in total. The number of nitrogens with one attached hydrogen (secondary N) is 1. The molecule has 0 bridgehead atoms. The van der Waals surface area contributed by atoms with Crippen molar-refractivity contribution >= 4 is 11.6 Å². The van der Waals surface area contributed by atoms with Gasteiger partial charge in [0.15, 0.2) is 0 Å². The summed E-state index contributed by atoms with van der Waals surface area (Å²) in [5.41, 5.74) is 2.05. The van der Waals surface area contributed by atoms with E-state index in [1.54, 1.807) is 18.4 Å². The average Bonchev–Trinajstić information content (AvgIpc) is 3.27. The first kappa shape index (κ1) is 17.7. The summed E-state index contributed by atoms with van der Waals surface area (Å²) in [6, 6.07) is 11.7. The number of hydrogen-bond donors (Lipinski definition) is 2. The minimum absolute atomic E-state index is 0.00681. The van der Waals surface area contributed by atoms with Crippen molar-refractivity contribution in [1.82, 2.24) is 4.90 Å². The van der Waals surface area contributed by atoms with Gasteiger partial charge in [-0.3, -0.25) is 9.69 Å². The highest BCUT2D eigenvalue weighted by Crippen LogP contribution is 2.27. The van der Waals surface area contributed by atoms with E-state index in [2.05, 4.69) is 23.2 Å². The number of amides is 1. The summed E-state index contributed by atoms with van der Waals surface area (Å²) < 4.78 is 5.27. The topological polar surface area (TPSA) is 65.7 Å². The molecular weight excluding hydrogens is 316 g/mol. The maximum Gasteiger partial charge on any atom is 0.238 e. The molecule has 134 valence electrons. The second-order valence-corrected chi connectivity index (χ2v) is 6.64. The minimum Gasteiger partial charge on any atom is -0.467 e. The van der Waals surface area contributed by atoms with Gasteiger partial charge in [0.1, 0.15) is 11.9 Å². The van der Waals surface area contributed by atoms with E-state index < -0.39 is 6.10 Å². The van der Waals surface area contributed by atoms with Crippen molar-refractivity contribution in [1.29, 1.82) is 0 Å². The largest absolute Gasteiger partial charge is 0.467 e. The van der Waals surface area contributed by atoms with Gasteiger partial charge in [-0.2, -0.15) is 0 Å². The molecule has 1 amide bonds. The number of hydrogen-bond acceptors (Lipinski definition) is 4. The number of carbonyl (C=O) groups excluding carboxylic acids is 1. The van der Waals surface area contributed by atoms with Crippen molar-refractivity contribution in [3.05, 3.63) is 54.0 Å². The molecule has 1 aliphatic rings. The molecule has 5 heteroatoms. The summed E-state index contributed by atoms with van der Waals surface area (Å²) in [4.78, 5) is 14.6. The second kappa shape index (κ2) is 8.32. The third-order valence-electron chi connectivity index (χ3n) is 4.83. The lowest BCUT2D eigenvalue weighted by atomic mass is 10.1. The lowest BCUT2D eigenvalue weighted by Gasteiger charge is -2.25. The highest BCUT2D eigenvalue weighted by Gasteiger charge is 2.29. The molecule has 0 saturated carbocycles. The molecule has 2 unspecified atom stereocenters. The molecule has 25 heavy (non-hydrogen) atoms. The fourth-order valence-corrected chi connectivity index (χ4v) is 3.48. The maximum absolute atomic E-state index is 12.4. The molecule has 2 aromatic rings. The molecule has 1 saturated heterocycles. The van der Waals surface area contributed by atoms with Crippen LogP contribution in [-0.2, 0) is 11.2 Å². The molecule has 0 spiro atoms. The Kier molecular flexibility index (Phi) is 5.89. The molecule has 1 aromatic heterocycles. The van der Waals surface area contributed by atoms with E-state index in [1.807, 2.05) is 18.2 Å². The first-order valence-corrected chi connectivity index (χ1v) is 9.00. The molecule has 2 atom stereocenters. The van der Waals surface area contributed by atoms with Crippen LogP contribution in [0.5, 0.6) is 0 Å². The molecule has 2 heterocycles. The van der Waals surface area contributed by atoms with Crippen LogP contribution in [0.25, 0.3) is 0 Å². The van der Waals surface area contributed by atoms with Crippen molar-refractivity contribution < 1.29 is 14.3 Å². The summed E-state index contributed by atoms with van der Waals surface area (Å²) in [6.45, 7) is 3.34. The standard InChI is InChI=1S/C20H26N2O3/c1-2-15-6-3-7-16(12-15)21-20(24)14-22-10-4-8-17(22)13-18(23)19-9-5-11-25-19/h3,5-7,9,11-12,17-18,23H,2,4,8,10,13-14H2,1H3,(H,21,24). The van der Waals surface area contributed by atoms with Crippen LogP contribution >= 0.6 is 0 Å². The zero-order valence-corrected chi connectivity index (χ0v) is 14.6. The third-order valence-corrected chi connectivity index (χ3v) is 4.83. The van der Waals surface area contributed by atoms with Crippen LogP contribution in [0.1, 0.15) is 43.6 Å². The minimum atomic E-state index is -0.620. The van der Waals surface area contributed by atoms with Gasteiger partial charge in [-0.05, 0) is 62.1 Å². The van der Waals surface area contributed by atoms with Gasteiger partial charge in [-0.15, -0.1) is 0 Å². The van der Waals surface area contributed by atoms with Crippen LogP contribution in [-0.4, -0.2) is 35.0 Å². The van der Waals surface area contributed by atoms with E-state index in [1.165, 1.54) is 5.56 Å². The van der Waals surface area contributed by atoms with Crippen molar-refractivity contribution in [3.8, 4) is 0 Å². The lowest BCUT2D eigenvalue weighted by Crippen LogP contribution is -2.37. The number of aliphatic hydroxyl groups excluding tert-OH is 1. The molecule has 1 aromatic carbocycles. The van der Waals surface area contributed by atoms with E-state index in [9.17, 15) is 9.90 Å². The predicted molar refractivity (Wildman–Crippen MR) is 97.3 cm³/mol. The number of rotatable bonds is 7. The predicted octanol–water partition coefficient (Wildman–Crippen LogP) is 3.37. The molecule has 2 N–H and O–H groups in total. The van der Waals surface area contributed by atoms with Crippen LogP contribution in [0, 0.1) is 0 Å². The Morgan fingerprint density at radius 1 is 1.40 bits per heavy atom. The molecule has 3 rings (SSSR count). The second-order valence-electron chi connectivity index (χ2n) is 6.64.